The van der Waals surface area contributed by atoms with Gasteiger partial charge in [-0.3, -0.25) is 0 Å². The number of methoxy groups -OCH3 is 1. The van der Waals surface area contributed by atoms with Gasteiger partial charge in [0.05, 0.1) is 28.8 Å². The highest BCUT2D eigenvalue weighted by Gasteiger charge is 2.32. The quantitative estimate of drug-likeness (QED) is 0.727. The summed E-state index contributed by atoms with van der Waals surface area (Å²) in [4.78, 5) is 23.5. The molecule has 8 heteroatoms. The van der Waals surface area contributed by atoms with E-state index in [2.05, 4.69) is 10.6 Å². The van der Waals surface area contributed by atoms with Crippen molar-refractivity contribution in [2.45, 2.75) is 13.0 Å². The second kappa shape index (κ2) is 5.83. The van der Waals surface area contributed by atoms with Crippen LogP contribution in [0, 0.1) is 0 Å². The number of amides is 2. The first-order chi connectivity index (χ1) is 9.85. The molecule has 0 radical (unpaired) electrons. The molecule has 1 aromatic carbocycles. The van der Waals surface area contributed by atoms with E-state index in [1.807, 2.05) is 0 Å². The molecular weight excluding hydrogens is 319 g/mol. The average Bonchev–Trinajstić information content (AvgIpc) is 2.42. The molecule has 0 saturated heterocycles. The van der Waals surface area contributed by atoms with Crippen molar-refractivity contribution in [3.05, 3.63) is 39.0 Å². The van der Waals surface area contributed by atoms with Gasteiger partial charge < -0.3 is 20.5 Å². The Bertz CT molecular complexity index is 635. The first-order valence-corrected chi connectivity index (χ1v) is 6.65. The van der Waals surface area contributed by atoms with Crippen LogP contribution in [-0.2, 0) is 9.53 Å². The number of urea groups is 1. The number of nitrogens with one attached hydrogen (secondary N) is 2. The second-order valence-electron chi connectivity index (χ2n) is 4.39. The minimum absolute atomic E-state index is 0.0205. The summed E-state index contributed by atoms with van der Waals surface area (Å²) >= 11 is 11.8. The molecule has 112 valence electrons. The number of halogens is 2. The lowest BCUT2D eigenvalue weighted by Crippen LogP contribution is -2.45. The van der Waals surface area contributed by atoms with Crippen LogP contribution in [0.25, 0.3) is 0 Å². The zero-order valence-corrected chi connectivity index (χ0v) is 12.7. The largest absolute Gasteiger partial charge is 0.505 e. The topological polar surface area (TPSA) is 87.7 Å². The van der Waals surface area contributed by atoms with Crippen LogP contribution >= 0.6 is 23.2 Å². The van der Waals surface area contributed by atoms with E-state index in [1.165, 1.54) is 19.2 Å². The summed E-state index contributed by atoms with van der Waals surface area (Å²) in [7, 11) is 1.24. The number of rotatable bonds is 2. The monoisotopic (exact) mass is 330 g/mol. The summed E-state index contributed by atoms with van der Waals surface area (Å²) < 4.78 is 4.73. The van der Waals surface area contributed by atoms with Crippen LogP contribution in [-0.4, -0.2) is 24.2 Å². The fraction of sp³-hybridized carbons (Fsp3) is 0.231. The number of phenols is 1. The maximum atomic E-state index is 11.9. The minimum atomic E-state index is -0.776. The Morgan fingerprint density at radius 1 is 1.33 bits per heavy atom. The lowest BCUT2D eigenvalue weighted by Gasteiger charge is -2.28. The lowest BCUT2D eigenvalue weighted by molar-refractivity contribution is -0.136. The molecule has 6 nitrogen and oxygen atoms in total. The maximum absolute atomic E-state index is 11.9. The Labute approximate surface area is 130 Å². The zero-order valence-electron chi connectivity index (χ0n) is 11.2. The molecule has 0 aromatic heterocycles. The minimum Gasteiger partial charge on any atom is -0.505 e. The molecule has 0 fully saturated rings. The molecule has 1 aliphatic heterocycles. The number of aromatic hydroxyl groups is 1. The summed E-state index contributed by atoms with van der Waals surface area (Å²) in [5.41, 5.74) is 1.06. The van der Waals surface area contributed by atoms with E-state index in [9.17, 15) is 14.7 Å². The van der Waals surface area contributed by atoms with Crippen molar-refractivity contribution in [2.24, 2.45) is 0 Å². The van der Waals surface area contributed by atoms with Crippen molar-refractivity contribution >= 4 is 35.2 Å². The van der Waals surface area contributed by atoms with Crippen LogP contribution in [0.15, 0.2) is 23.4 Å². The van der Waals surface area contributed by atoms with E-state index in [0.29, 0.717) is 11.3 Å². The highest BCUT2D eigenvalue weighted by atomic mass is 35.5. The number of allylic oxidation sites excluding steroid dienone is 1. The van der Waals surface area contributed by atoms with Gasteiger partial charge in [-0.25, -0.2) is 9.59 Å². The van der Waals surface area contributed by atoms with Crippen LogP contribution in [0.4, 0.5) is 4.79 Å². The van der Waals surface area contributed by atoms with Gasteiger partial charge in [0.1, 0.15) is 0 Å². The first kappa shape index (κ1) is 15.5. The average molecular weight is 331 g/mol. The van der Waals surface area contributed by atoms with E-state index in [0.717, 1.165) is 0 Å². The number of hydrogen-bond donors (Lipinski definition) is 3. The van der Waals surface area contributed by atoms with Crippen LogP contribution in [0.5, 0.6) is 5.75 Å². The van der Waals surface area contributed by atoms with E-state index >= 15 is 0 Å². The van der Waals surface area contributed by atoms with Crippen molar-refractivity contribution in [3.63, 3.8) is 0 Å². The molecule has 1 heterocycles. The fourth-order valence-electron chi connectivity index (χ4n) is 2.08. The first-order valence-electron chi connectivity index (χ1n) is 5.89. The molecule has 1 aliphatic rings. The Hall–Kier alpha value is -1.92. The van der Waals surface area contributed by atoms with Gasteiger partial charge in [0.15, 0.2) is 5.75 Å². The van der Waals surface area contributed by atoms with Gasteiger partial charge in [0.25, 0.3) is 0 Å². The molecule has 3 N–H and O–H groups in total. The van der Waals surface area contributed by atoms with Crippen LogP contribution in [0.2, 0.25) is 10.0 Å². The van der Waals surface area contributed by atoms with Crippen molar-refractivity contribution in [1.29, 1.82) is 0 Å². The van der Waals surface area contributed by atoms with Crippen molar-refractivity contribution in [1.82, 2.24) is 10.6 Å². The summed E-state index contributed by atoms with van der Waals surface area (Å²) in [6, 6.07) is 1.61. The molecule has 0 bridgehead atoms. The van der Waals surface area contributed by atoms with E-state index in [4.69, 9.17) is 27.9 Å². The highest BCUT2D eigenvalue weighted by Crippen LogP contribution is 2.37. The molecule has 2 amide bonds. The molecule has 0 aliphatic carbocycles. The fourth-order valence-corrected chi connectivity index (χ4v) is 2.58. The van der Waals surface area contributed by atoms with Gasteiger partial charge in [-0.1, -0.05) is 23.2 Å². The molecule has 0 saturated carbocycles. The van der Waals surface area contributed by atoms with E-state index < -0.39 is 18.0 Å². The number of phenolic OH excluding ortho intramolecular Hbond substituents is 1. The SMILES string of the molecule is COC(=O)C1=C(C)NC(=O)NC1c1cc(Cl)c(O)c(Cl)c1. The molecular formula is C13H12Cl2N2O4. The predicted octanol–water partition coefficient (Wildman–Crippen LogP) is 2.50. The maximum Gasteiger partial charge on any atom is 0.337 e. The van der Waals surface area contributed by atoms with Crippen molar-refractivity contribution in [3.8, 4) is 5.75 Å². The van der Waals surface area contributed by atoms with Gasteiger partial charge in [0.2, 0.25) is 0 Å². The summed E-state index contributed by atoms with van der Waals surface area (Å²) in [6.07, 6.45) is 0. The van der Waals surface area contributed by atoms with Gasteiger partial charge in [-0.05, 0) is 24.6 Å². The van der Waals surface area contributed by atoms with Gasteiger partial charge in [-0.2, -0.15) is 0 Å². The van der Waals surface area contributed by atoms with Gasteiger partial charge in [-0.15, -0.1) is 0 Å². The van der Waals surface area contributed by atoms with Crippen LogP contribution < -0.4 is 10.6 Å². The van der Waals surface area contributed by atoms with Crippen LogP contribution in [0.1, 0.15) is 18.5 Å². The van der Waals surface area contributed by atoms with Gasteiger partial charge in [0, 0.05) is 5.70 Å². The third-order valence-corrected chi connectivity index (χ3v) is 3.62. The molecule has 1 aromatic rings. The molecule has 21 heavy (non-hydrogen) atoms. The molecule has 0 spiro atoms. The Balaban J connectivity index is 2.56. The lowest BCUT2D eigenvalue weighted by atomic mass is 9.95. The van der Waals surface area contributed by atoms with E-state index in [-0.39, 0.29) is 21.4 Å². The number of benzene rings is 1. The third kappa shape index (κ3) is 2.91. The molecule has 1 atom stereocenters. The second-order valence-corrected chi connectivity index (χ2v) is 5.21. The Kier molecular flexibility index (Phi) is 4.29. The van der Waals surface area contributed by atoms with Crippen molar-refractivity contribution < 1.29 is 19.4 Å². The smallest absolute Gasteiger partial charge is 0.337 e. The van der Waals surface area contributed by atoms with Gasteiger partial charge >= 0.3 is 12.0 Å². The number of ether oxygens (including phenoxy) is 1. The standard InChI is InChI=1S/C13H12Cl2N2O4/c1-5-9(12(19)21-2)10(17-13(20)16-5)6-3-7(14)11(18)8(15)4-6/h3-4,10,18H,1-2H3,(H2,16,17,20). The van der Waals surface area contributed by atoms with E-state index in [1.54, 1.807) is 6.92 Å². The highest BCUT2D eigenvalue weighted by molar-refractivity contribution is 6.37. The van der Waals surface area contributed by atoms with Crippen molar-refractivity contribution in [2.75, 3.05) is 7.11 Å². The summed E-state index contributed by atoms with van der Waals surface area (Å²) in [5, 5.41) is 14.7. The molecule has 2 rings (SSSR count). The summed E-state index contributed by atoms with van der Waals surface area (Å²) in [5.74, 6) is -0.854. The number of carbonyl (C=O) groups excluding carboxylic acids is 2. The normalized spacial score (nSPS) is 18.1. The molecule has 1 unspecified atom stereocenters. The Morgan fingerprint density at radius 3 is 2.43 bits per heavy atom. The number of carbonyl (C=O) groups is 2. The number of hydrogen-bond acceptors (Lipinski definition) is 4. The predicted molar refractivity (Wildman–Crippen MR) is 77.3 cm³/mol. The third-order valence-electron chi connectivity index (χ3n) is 3.05. The zero-order chi connectivity index (χ0) is 15.7. The van der Waals surface area contributed by atoms with Crippen LogP contribution in [0.3, 0.4) is 0 Å². The summed E-state index contributed by atoms with van der Waals surface area (Å²) in [6.45, 7) is 1.58. The number of esters is 1. The Morgan fingerprint density at radius 2 is 1.90 bits per heavy atom.